The van der Waals surface area contributed by atoms with Crippen LogP contribution in [0.4, 0.5) is 8.78 Å². The summed E-state index contributed by atoms with van der Waals surface area (Å²) < 4.78 is 33.9. The molecular formula is C22H18F2N2O3S. The van der Waals surface area contributed by atoms with Gasteiger partial charge in [-0.2, -0.15) is 0 Å². The first kappa shape index (κ1) is 20.3. The van der Waals surface area contributed by atoms with Gasteiger partial charge in [0.25, 0.3) is 5.56 Å². The van der Waals surface area contributed by atoms with Crippen LogP contribution in [0.1, 0.15) is 17.2 Å². The predicted octanol–water partition coefficient (Wildman–Crippen LogP) is 3.90. The van der Waals surface area contributed by atoms with Crippen molar-refractivity contribution in [2.75, 3.05) is 6.61 Å². The van der Waals surface area contributed by atoms with E-state index in [4.69, 9.17) is 4.74 Å². The van der Waals surface area contributed by atoms with Crippen LogP contribution in [0.3, 0.4) is 0 Å². The number of thiophene rings is 1. The Hall–Kier alpha value is -2.94. The molecule has 4 rings (SSSR count). The van der Waals surface area contributed by atoms with Crippen molar-refractivity contribution >= 4 is 21.6 Å². The van der Waals surface area contributed by atoms with Gasteiger partial charge in [-0.3, -0.25) is 9.36 Å². The van der Waals surface area contributed by atoms with Crippen molar-refractivity contribution in [2.24, 2.45) is 0 Å². The molecule has 0 aliphatic heterocycles. The van der Waals surface area contributed by atoms with Crippen molar-refractivity contribution in [3.8, 4) is 0 Å². The van der Waals surface area contributed by atoms with E-state index in [1.54, 1.807) is 35.7 Å². The lowest BCUT2D eigenvalue weighted by Crippen LogP contribution is -2.30. The van der Waals surface area contributed by atoms with Crippen LogP contribution < -0.4 is 5.56 Å². The third-order valence-corrected chi connectivity index (χ3v) is 5.48. The van der Waals surface area contributed by atoms with Crippen molar-refractivity contribution in [1.82, 2.24) is 9.55 Å². The Morgan fingerprint density at radius 1 is 1.00 bits per heavy atom. The van der Waals surface area contributed by atoms with Crippen LogP contribution in [-0.4, -0.2) is 27.4 Å². The minimum atomic E-state index is -0.982. The zero-order valence-corrected chi connectivity index (χ0v) is 16.6. The van der Waals surface area contributed by atoms with E-state index in [9.17, 15) is 18.7 Å². The lowest BCUT2D eigenvalue weighted by molar-refractivity contribution is -0.00102. The molecule has 154 valence electrons. The van der Waals surface area contributed by atoms with E-state index in [2.05, 4.69) is 4.98 Å². The highest BCUT2D eigenvalue weighted by atomic mass is 32.1. The van der Waals surface area contributed by atoms with Gasteiger partial charge in [-0.05, 0) is 46.8 Å². The van der Waals surface area contributed by atoms with Gasteiger partial charge in [0.15, 0.2) is 0 Å². The molecule has 0 saturated carbocycles. The molecular weight excluding hydrogens is 410 g/mol. The molecule has 0 amide bonds. The second-order valence-corrected chi connectivity index (χ2v) is 7.71. The van der Waals surface area contributed by atoms with Crippen LogP contribution in [0.2, 0.25) is 0 Å². The normalized spacial score (nSPS) is 12.5. The first-order chi connectivity index (χ1) is 14.5. The molecule has 0 saturated heterocycles. The fourth-order valence-electron chi connectivity index (χ4n) is 3.17. The quantitative estimate of drug-likeness (QED) is 0.485. The van der Waals surface area contributed by atoms with Crippen molar-refractivity contribution in [3.63, 3.8) is 0 Å². The second-order valence-electron chi connectivity index (χ2n) is 6.81. The molecule has 5 nitrogen and oxygen atoms in total. The molecule has 1 unspecified atom stereocenters. The largest absolute Gasteiger partial charge is 0.389 e. The smallest absolute Gasteiger partial charge is 0.262 e. The number of aliphatic hydroxyl groups excluding tert-OH is 1. The fourth-order valence-corrected chi connectivity index (χ4v) is 3.89. The predicted molar refractivity (Wildman–Crippen MR) is 110 cm³/mol. The number of fused-ring (bicyclic) bond motifs is 1. The number of rotatable bonds is 7. The summed E-state index contributed by atoms with van der Waals surface area (Å²) in [5.74, 6) is -0.764. The van der Waals surface area contributed by atoms with Gasteiger partial charge in [0.1, 0.15) is 22.6 Å². The van der Waals surface area contributed by atoms with Gasteiger partial charge in [-0.1, -0.05) is 24.3 Å². The van der Waals surface area contributed by atoms with Crippen molar-refractivity contribution < 1.29 is 18.6 Å². The first-order valence-corrected chi connectivity index (χ1v) is 10.1. The number of hydrogen-bond donors (Lipinski definition) is 1. The fraction of sp³-hybridized carbons (Fsp3) is 0.182. The van der Waals surface area contributed by atoms with Crippen LogP contribution in [-0.2, 0) is 11.3 Å². The number of halogens is 2. The third-order valence-electron chi connectivity index (χ3n) is 4.66. The average molecular weight is 428 g/mol. The summed E-state index contributed by atoms with van der Waals surface area (Å²) in [6.07, 6.45) is -0.207. The summed E-state index contributed by atoms with van der Waals surface area (Å²) in [5.41, 5.74) is 1.09. The molecule has 8 heteroatoms. The molecule has 0 radical (unpaired) electrons. The maximum Gasteiger partial charge on any atom is 0.262 e. The van der Waals surface area contributed by atoms with E-state index in [-0.39, 0.29) is 30.3 Å². The topological polar surface area (TPSA) is 64.4 Å². The first-order valence-electron chi connectivity index (χ1n) is 9.24. The van der Waals surface area contributed by atoms with Gasteiger partial charge in [-0.15, -0.1) is 11.3 Å². The Bertz CT molecular complexity index is 1140. The Kier molecular flexibility index (Phi) is 5.98. The lowest BCUT2D eigenvalue weighted by Gasteiger charge is -2.21. The molecule has 0 bridgehead atoms. The van der Waals surface area contributed by atoms with Crippen LogP contribution in [0.25, 0.3) is 10.2 Å². The van der Waals surface area contributed by atoms with Crippen LogP contribution in [0.5, 0.6) is 0 Å². The number of aromatic nitrogens is 2. The minimum absolute atomic E-state index is 0.0111. The second kappa shape index (κ2) is 8.83. The summed E-state index contributed by atoms with van der Waals surface area (Å²) in [7, 11) is 0. The molecule has 0 aliphatic carbocycles. The number of nitrogens with zero attached hydrogens (tertiary/aromatic N) is 2. The van der Waals surface area contributed by atoms with Gasteiger partial charge in [0.2, 0.25) is 0 Å². The molecule has 0 spiro atoms. The highest BCUT2D eigenvalue weighted by Gasteiger charge is 2.18. The Balaban J connectivity index is 1.51. The van der Waals surface area contributed by atoms with E-state index in [1.165, 1.54) is 46.5 Å². The molecule has 2 heterocycles. The molecule has 2 aromatic heterocycles. The monoisotopic (exact) mass is 428 g/mol. The van der Waals surface area contributed by atoms with Crippen molar-refractivity contribution in [2.45, 2.75) is 18.8 Å². The van der Waals surface area contributed by atoms with Crippen LogP contribution in [0.15, 0.2) is 71.1 Å². The lowest BCUT2D eigenvalue weighted by atomic mass is 10.0. The molecule has 0 fully saturated rings. The highest BCUT2D eigenvalue weighted by molar-refractivity contribution is 7.16. The molecule has 1 N–H and O–H groups in total. The number of ether oxygens (including phenoxy) is 1. The number of benzene rings is 2. The van der Waals surface area contributed by atoms with Gasteiger partial charge in [0, 0.05) is 0 Å². The van der Waals surface area contributed by atoms with E-state index >= 15 is 0 Å². The summed E-state index contributed by atoms with van der Waals surface area (Å²) in [6.45, 7) is -0.0787. The number of hydrogen-bond acceptors (Lipinski definition) is 5. The van der Waals surface area contributed by atoms with Gasteiger partial charge >= 0.3 is 0 Å². The molecule has 4 aromatic rings. The average Bonchev–Trinajstić information content (AvgIpc) is 3.22. The summed E-state index contributed by atoms with van der Waals surface area (Å²) in [6, 6.07) is 13.3. The van der Waals surface area contributed by atoms with Crippen molar-refractivity contribution in [1.29, 1.82) is 0 Å². The Morgan fingerprint density at radius 3 is 2.20 bits per heavy atom. The molecule has 1 atom stereocenters. The van der Waals surface area contributed by atoms with Gasteiger partial charge in [0.05, 0.1) is 31.0 Å². The molecule has 2 aromatic carbocycles. The maximum atomic E-state index is 13.3. The van der Waals surface area contributed by atoms with Crippen LogP contribution in [0, 0.1) is 11.6 Å². The number of aliphatic hydroxyl groups is 1. The molecule has 0 aliphatic rings. The minimum Gasteiger partial charge on any atom is -0.389 e. The summed E-state index contributed by atoms with van der Waals surface area (Å²) in [5, 5.41) is 12.7. The van der Waals surface area contributed by atoms with E-state index in [1.807, 2.05) is 0 Å². The summed E-state index contributed by atoms with van der Waals surface area (Å²) in [4.78, 5) is 17.3. The maximum absolute atomic E-state index is 13.3. The summed E-state index contributed by atoms with van der Waals surface area (Å²) >= 11 is 1.38. The zero-order chi connectivity index (χ0) is 21.1. The van der Waals surface area contributed by atoms with Gasteiger partial charge in [-0.25, -0.2) is 13.8 Å². The standard InChI is InChI=1S/C22H18F2N2O3S/c23-16-5-1-14(2-6-16)20(15-3-7-17(24)8-4-15)29-12-18(27)11-26-13-25-21-19(22(26)28)9-10-30-21/h1-10,13,18,20,27H,11-12H2. The van der Waals surface area contributed by atoms with Crippen molar-refractivity contribution in [3.05, 3.63) is 99.4 Å². The van der Waals surface area contributed by atoms with Gasteiger partial charge < -0.3 is 9.84 Å². The Labute approximate surface area is 174 Å². The molecule has 30 heavy (non-hydrogen) atoms. The zero-order valence-electron chi connectivity index (χ0n) is 15.7. The Morgan fingerprint density at radius 2 is 1.60 bits per heavy atom. The van der Waals surface area contributed by atoms with E-state index in [0.717, 1.165) is 0 Å². The highest BCUT2D eigenvalue weighted by Crippen LogP contribution is 2.27. The third kappa shape index (κ3) is 4.46. The van der Waals surface area contributed by atoms with Crippen LogP contribution >= 0.6 is 11.3 Å². The SMILES string of the molecule is O=c1c2ccsc2ncn1CC(O)COC(c1ccc(F)cc1)c1ccc(F)cc1. The van der Waals surface area contributed by atoms with E-state index < -0.39 is 12.2 Å². The van der Waals surface area contributed by atoms with E-state index in [0.29, 0.717) is 21.3 Å².